The maximum absolute atomic E-state index is 13.4. The lowest BCUT2D eigenvalue weighted by Gasteiger charge is -2.20. The highest BCUT2D eigenvalue weighted by atomic mass is 19.1. The highest BCUT2D eigenvalue weighted by Gasteiger charge is 2.17. The number of nitrogens with two attached hydrogens (primary N) is 1. The van der Waals surface area contributed by atoms with Gasteiger partial charge in [0.05, 0.1) is 12.6 Å². The molecule has 3 aromatic rings. The fraction of sp³-hybridized carbons (Fsp3) is 0.308. The SMILES string of the molecule is CC(C)Oc1ccc([C@H](CC[NH2+][C@H](C)c2ccccc2)c2ccc(F)cc2)cc1. The van der Waals surface area contributed by atoms with Crippen LogP contribution in [-0.2, 0) is 0 Å². The van der Waals surface area contributed by atoms with Gasteiger partial charge in [-0.3, -0.25) is 0 Å². The fourth-order valence-electron chi connectivity index (χ4n) is 3.68. The van der Waals surface area contributed by atoms with Crippen molar-refractivity contribution in [3.05, 3.63) is 101 Å². The van der Waals surface area contributed by atoms with Crippen LogP contribution in [0.4, 0.5) is 4.39 Å². The van der Waals surface area contributed by atoms with Crippen molar-refractivity contribution >= 4 is 0 Å². The average molecular weight is 393 g/mol. The summed E-state index contributed by atoms with van der Waals surface area (Å²) in [7, 11) is 0. The Bertz CT molecular complexity index is 859. The fourth-order valence-corrected chi connectivity index (χ4v) is 3.68. The van der Waals surface area contributed by atoms with E-state index in [1.165, 1.54) is 11.1 Å². The standard InChI is InChI=1S/C26H30FNO/c1-19(2)29-25-15-11-23(12-16-25)26(22-9-13-24(27)14-10-22)17-18-28-20(3)21-7-5-4-6-8-21/h4-16,19-20,26,28H,17-18H2,1-3H3/p+1/t20-,26-/m1/s1. The number of hydrogen-bond acceptors (Lipinski definition) is 1. The van der Waals surface area contributed by atoms with Crippen molar-refractivity contribution in [2.45, 2.75) is 45.3 Å². The minimum Gasteiger partial charge on any atom is -0.491 e. The van der Waals surface area contributed by atoms with Crippen molar-refractivity contribution in [1.29, 1.82) is 0 Å². The van der Waals surface area contributed by atoms with E-state index in [-0.39, 0.29) is 17.8 Å². The molecule has 0 heterocycles. The quantitative estimate of drug-likeness (QED) is 0.514. The largest absolute Gasteiger partial charge is 0.491 e. The van der Waals surface area contributed by atoms with Gasteiger partial charge in [0.15, 0.2) is 0 Å². The van der Waals surface area contributed by atoms with Crippen LogP contribution >= 0.6 is 0 Å². The second kappa shape index (κ2) is 10.2. The van der Waals surface area contributed by atoms with Crippen LogP contribution in [0.25, 0.3) is 0 Å². The summed E-state index contributed by atoms with van der Waals surface area (Å²) < 4.78 is 19.2. The van der Waals surface area contributed by atoms with Gasteiger partial charge in [-0.1, -0.05) is 54.6 Å². The van der Waals surface area contributed by atoms with E-state index in [1.54, 1.807) is 12.1 Å². The topological polar surface area (TPSA) is 25.8 Å². The van der Waals surface area contributed by atoms with E-state index in [9.17, 15) is 4.39 Å². The van der Waals surface area contributed by atoms with Crippen molar-refractivity contribution in [1.82, 2.24) is 0 Å². The number of halogens is 1. The third-order valence-corrected chi connectivity index (χ3v) is 5.23. The van der Waals surface area contributed by atoms with Gasteiger partial charge in [-0.2, -0.15) is 0 Å². The maximum atomic E-state index is 13.4. The highest BCUT2D eigenvalue weighted by molar-refractivity contribution is 5.36. The van der Waals surface area contributed by atoms with Crippen molar-refractivity contribution in [3.63, 3.8) is 0 Å². The Labute approximate surface area is 173 Å². The zero-order valence-corrected chi connectivity index (χ0v) is 17.5. The van der Waals surface area contributed by atoms with E-state index in [4.69, 9.17) is 4.74 Å². The van der Waals surface area contributed by atoms with E-state index in [0.29, 0.717) is 6.04 Å². The molecule has 2 N–H and O–H groups in total. The van der Waals surface area contributed by atoms with Crippen molar-refractivity contribution in [3.8, 4) is 5.75 Å². The van der Waals surface area contributed by atoms with Gasteiger partial charge in [0.25, 0.3) is 0 Å². The Morgan fingerprint density at radius 1 is 0.759 bits per heavy atom. The Morgan fingerprint density at radius 3 is 1.93 bits per heavy atom. The lowest BCUT2D eigenvalue weighted by Crippen LogP contribution is -2.84. The normalized spacial score (nSPS) is 13.3. The molecule has 0 aromatic heterocycles. The molecular weight excluding hydrogens is 361 g/mol. The lowest BCUT2D eigenvalue weighted by molar-refractivity contribution is -0.693. The summed E-state index contributed by atoms with van der Waals surface area (Å²) in [6.45, 7) is 7.28. The molecule has 0 radical (unpaired) electrons. The monoisotopic (exact) mass is 392 g/mol. The molecule has 0 spiro atoms. The minimum absolute atomic E-state index is 0.155. The molecule has 152 valence electrons. The molecular formula is C26H31FNO+. The third kappa shape index (κ3) is 6.16. The molecule has 2 nitrogen and oxygen atoms in total. The van der Waals surface area contributed by atoms with E-state index >= 15 is 0 Å². The number of rotatable bonds is 9. The number of benzene rings is 3. The van der Waals surface area contributed by atoms with E-state index in [1.807, 2.05) is 44.2 Å². The van der Waals surface area contributed by atoms with Crippen LogP contribution in [0.1, 0.15) is 55.8 Å². The van der Waals surface area contributed by atoms with Gasteiger partial charge in [0.2, 0.25) is 0 Å². The summed E-state index contributed by atoms with van der Waals surface area (Å²) in [5.74, 6) is 0.909. The molecule has 29 heavy (non-hydrogen) atoms. The Balaban J connectivity index is 1.72. The molecule has 0 aliphatic rings. The average Bonchev–Trinajstić information content (AvgIpc) is 2.73. The molecule has 0 saturated carbocycles. The number of hydrogen-bond donors (Lipinski definition) is 1. The van der Waals surface area contributed by atoms with Crippen LogP contribution < -0.4 is 10.1 Å². The summed E-state index contributed by atoms with van der Waals surface area (Å²) >= 11 is 0. The Hall–Kier alpha value is -2.65. The van der Waals surface area contributed by atoms with Gasteiger partial charge in [-0.05, 0) is 56.2 Å². The van der Waals surface area contributed by atoms with E-state index < -0.39 is 0 Å². The molecule has 2 atom stereocenters. The molecule has 0 saturated heterocycles. The smallest absolute Gasteiger partial charge is 0.123 e. The van der Waals surface area contributed by atoms with Crippen molar-refractivity contribution in [2.24, 2.45) is 0 Å². The lowest BCUT2D eigenvalue weighted by atomic mass is 9.88. The van der Waals surface area contributed by atoms with Crippen molar-refractivity contribution in [2.75, 3.05) is 6.54 Å². The molecule has 0 fully saturated rings. The first-order valence-electron chi connectivity index (χ1n) is 10.4. The predicted molar refractivity (Wildman–Crippen MR) is 117 cm³/mol. The van der Waals surface area contributed by atoms with Gasteiger partial charge in [-0.25, -0.2) is 4.39 Å². The molecule has 0 unspecified atom stereocenters. The molecule has 0 aliphatic carbocycles. The molecule has 0 aliphatic heterocycles. The summed E-state index contributed by atoms with van der Waals surface area (Å²) in [6.07, 6.45) is 1.13. The molecule has 0 bridgehead atoms. The zero-order valence-electron chi connectivity index (χ0n) is 17.5. The zero-order chi connectivity index (χ0) is 20.6. The molecule has 3 rings (SSSR count). The summed E-state index contributed by atoms with van der Waals surface area (Å²) in [5.41, 5.74) is 3.71. The van der Waals surface area contributed by atoms with Crippen LogP contribution in [0.15, 0.2) is 78.9 Å². The highest BCUT2D eigenvalue weighted by Crippen LogP contribution is 2.29. The van der Waals surface area contributed by atoms with Crippen molar-refractivity contribution < 1.29 is 14.4 Å². The third-order valence-electron chi connectivity index (χ3n) is 5.23. The van der Waals surface area contributed by atoms with Gasteiger partial charge in [-0.15, -0.1) is 0 Å². The number of ether oxygens (including phenoxy) is 1. The molecule has 3 heteroatoms. The predicted octanol–water partition coefficient (Wildman–Crippen LogP) is 5.46. The molecule has 0 amide bonds. The van der Waals surface area contributed by atoms with Crippen LogP contribution in [0.2, 0.25) is 0 Å². The van der Waals surface area contributed by atoms with Gasteiger partial charge in [0, 0.05) is 17.9 Å². The van der Waals surface area contributed by atoms with Crippen LogP contribution in [-0.4, -0.2) is 12.6 Å². The molecule has 3 aromatic carbocycles. The Kier molecular flexibility index (Phi) is 7.42. The van der Waals surface area contributed by atoms with E-state index in [2.05, 4.69) is 48.6 Å². The van der Waals surface area contributed by atoms with Gasteiger partial charge in [0.1, 0.15) is 17.6 Å². The first-order valence-corrected chi connectivity index (χ1v) is 10.4. The van der Waals surface area contributed by atoms with Crippen LogP contribution in [0.3, 0.4) is 0 Å². The first kappa shape index (κ1) is 21.1. The summed E-state index contributed by atoms with van der Waals surface area (Å²) in [5, 5.41) is 2.38. The van der Waals surface area contributed by atoms with Crippen LogP contribution in [0.5, 0.6) is 5.75 Å². The van der Waals surface area contributed by atoms with Gasteiger partial charge < -0.3 is 10.1 Å². The summed E-state index contributed by atoms with van der Waals surface area (Å²) in [4.78, 5) is 0. The minimum atomic E-state index is -0.197. The number of quaternary nitrogens is 1. The van der Waals surface area contributed by atoms with E-state index in [0.717, 1.165) is 24.3 Å². The Morgan fingerprint density at radius 2 is 1.34 bits per heavy atom. The second-order valence-electron chi connectivity index (χ2n) is 7.85. The summed E-state index contributed by atoms with van der Waals surface area (Å²) in [6, 6.07) is 26.2. The van der Waals surface area contributed by atoms with Gasteiger partial charge >= 0.3 is 0 Å². The first-order chi connectivity index (χ1) is 14.0. The van der Waals surface area contributed by atoms with Crippen LogP contribution in [0, 0.1) is 5.82 Å². The second-order valence-corrected chi connectivity index (χ2v) is 7.85. The maximum Gasteiger partial charge on any atom is 0.123 e.